The minimum atomic E-state index is -3.50. The van der Waals surface area contributed by atoms with Crippen LogP contribution in [-0.2, 0) is 16.4 Å². The molecule has 0 fully saturated rings. The average molecular weight is 360 g/mol. The zero-order valence-electron chi connectivity index (χ0n) is 14.6. The second-order valence-corrected chi connectivity index (χ2v) is 7.54. The van der Waals surface area contributed by atoms with Crippen molar-refractivity contribution < 1.29 is 13.2 Å². The van der Waals surface area contributed by atoms with Crippen molar-refractivity contribution in [1.29, 1.82) is 0 Å². The summed E-state index contributed by atoms with van der Waals surface area (Å²) in [6.07, 6.45) is 0.751. The molecular formula is C19H24N2O3S. The van der Waals surface area contributed by atoms with Gasteiger partial charge < -0.3 is 5.32 Å². The highest BCUT2D eigenvalue weighted by Gasteiger charge is 2.21. The third-order valence-corrected chi connectivity index (χ3v) is 6.07. The molecule has 2 aromatic rings. The van der Waals surface area contributed by atoms with Crippen LogP contribution in [0.25, 0.3) is 0 Å². The average Bonchev–Trinajstić information content (AvgIpc) is 2.63. The normalized spacial score (nSPS) is 11.5. The summed E-state index contributed by atoms with van der Waals surface area (Å²) in [5.41, 5.74) is 1.61. The Morgan fingerprint density at radius 3 is 2.12 bits per heavy atom. The van der Waals surface area contributed by atoms with Gasteiger partial charge in [-0.15, -0.1) is 0 Å². The smallest absolute Gasteiger partial charge is 0.251 e. The van der Waals surface area contributed by atoms with E-state index in [0.29, 0.717) is 25.2 Å². The van der Waals surface area contributed by atoms with E-state index in [1.807, 2.05) is 30.3 Å². The van der Waals surface area contributed by atoms with Gasteiger partial charge in [-0.1, -0.05) is 44.2 Å². The lowest BCUT2D eigenvalue weighted by Crippen LogP contribution is -2.30. The molecule has 0 saturated heterocycles. The van der Waals surface area contributed by atoms with Crippen molar-refractivity contribution in [3.8, 4) is 0 Å². The van der Waals surface area contributed by atoms with Crippen LogP contribution in [0, 0.1) is 0 Å². The van der Waals surface area contributed by atoms with Crippen molar-refractivity contribution in [2.75, 3.05) is 19.6 Å². The number of hydrogen-bond acceptors (Lipinski definition) is 3. The number of hydrogen-bond donors (Lipinski definition) is 1. The zero-order chi connectivity index (χ0) is 18.3. The van der Waals surface area contributed by atoms with Gasteiger partial charge in [0.15, 0.2) is 0 Å². The highest BCUT2D eigenvalue weighted by Crippen LogP contribution is 2.16. The van der Waals surface area contributed by atoms with Crippen LogP contribution < -0.4 is 5.32 Å². The predicted octanol–water partition coefficient (Wildman–Crippen LogP) is 2.69. The Labute approximate surface area is 149 Å². The largest absolute Gasteiger partial charge is 0.352 e. The van der Waals surface area contributed by atoms with Crippen LogP contribution in [0.15, 0.2) is 59.5 Å². The van der Waals surface area contributed by atoms with E-state index in [4.69, 9.17) is 0 Å². The summed E-state index contributed by atoms with van der Waals surface area (Å²) >= 11 is 0. The molecule has 2 rings (SSSR count). The molecule has 0 heterocycles. The lowest BCUT2D eigenvalue weighted by molar-refractivity contribution is 0.0954. The molecule has 134 valence electrons. The minimum Gasteiger partial charge on any atom is -0.352 e. The first-order valence-corrected chi connectivity index (χ1v) is 9.85. The van der Waals surface area contributed by atoms with Gasteiger partial charge in [0.2, 0.25) is 10.0 Å². The number of carbonyl (C=O) groups excluding carboxylic acids is 1. The number of nitrogens with one attached hydrogen (secondary N) is 1. The summed E-state index contributed by atoms with van der Waals surface area (Å²) in [4.78, 5) is 12.4. The van der Waals surface area contributed by atoms with Gasteiger partial charge in [-0.25, -0.2) is 8.42 Å². The fourth-order valence-corrected chi connectivity index (χ4v) is 4.02. The van der Waals surface area contributed by atoms with E-state index in [9.17, 15) is 13.2 Å². The second kappa shape index (κ2) is 8.78. The summed E-state index contributed by atoms with van der Waals surface area (Å²) in [5.74, 6) is -0.206. The summed E-state index contributed by atoms with van der Waals surface area (Å²) in [5, 5.41) is 2.85. The van der Waals surface area contributed by atoms with E-state index in [-0.39, 0.29) is 10.8 Å². The Morgan fingerprint density at radius 2 is 1.56 bits per heavy atom. The van der Waals surface area contributed by atoms with Gasteiger partial charge in [0.05, 0.1) is 4.90 Å². The molecule has 1 amide bonds. The molecule has 0 saturated carbocycles. The van der Waals surface area contributed by atoms with Crippen LogP contribution in [0.1, 0.15) is 29.8 Å². The van der Waals surface area contributed by atoms with Crippen molar-refractivity contribution in [3.05, 3.63) is 65.7 Å². The number of sulfonamides is 1. The molecule has 0 aromatic heterocycles. The van der Waals surface area contributed by atoms with Crippen molar-refractivity contribution in [3.63, 3.8) is 0 Å². The molecule has 1 N–H and O–H groups in total. The Bertz CT molecular complexity index is 783. The topological polar surface area (TPSA) is 66.5 Å². The first-order valence-electron chi connectivity index (χ1n) is 8.41. The molecule has 25 heavy (non-hydrogen) atoms. The number of nitrogens with zero attached hydrogens (tertiary/aromatic N) is 1. The van der Waals surface area contributed by atoms with E-state index in [0.717, 1.165) is 12.0 Å². The van der Waals surface area contributed by atoms with E-state index in [1.165, 1.54) is 16.4 Å². The molecule has 0 atom stereocenters. The van der Waals surface area contributed by atoms with Gasteiger partial charge in [0.25, 0.3) is 5.91 Å². The maximum absolute atomic E-state index is 12.4. The van der Waals surface area contributed by atoms with Crippen molar-refractivity contribution in [2.45, 2.75) is 25.2 Å². The lowest BCUT2D eigenvalue weighted by Gasteiger charge is -2.18. The van der Waals surface area contributed by atoms with E-state index in [2.05, 4.69) is 5.32 Å². The van der Waals surface area contributed by atoms with E-state index >= 15 is 0 Å². The summed E-state index contributed by atoms with van der Waals surface area (Å²) < 4.78 is 26.3. The molecule has 0 unspecified atom stereocenters. The third-order valence-electron chi connectivity index (χ3n) is 4.00. The van der Waals surface area contributed by atoms with E-state index in [1.54, 1.807) is 26.0 Å². The fraction of sp³-hybridized carbons (Fsp3) is 0.316. The third kappa shape index (κ3) is 4.90. The maximum atomic E-state index is 12.4. The molecule has 2 aromatic carbocycles. The van der Waals surface area contributed by atoms with Crippen LogP contribution in [0.5, 0.6) is 0 Å². The van der Waals surface area contributed by atoms with Gasteiger partial charge in [-0.2, -0.15) is 4.31 Å². The van der Waals surface area contributed by atoms with Crippen LogP contribution in [0.3, 0.4) is 0 Å². The van der Waals surface area contributed by atoms with Gasteiger partial charge in [0, 0.05) is 25.2 Å². The molecule has 5 nitrogen and oxygen atoms in total. The molecule has 0 aliphatic rings. The highest BCUT2D eigenvalue weighted by atomic mass is 32.2. The number of rotatable bonds is 8. The van der Waals surface area contributed by atoms with Crippen LogP contribution in [0.4, 0.5) is 0 Å². The maximum Gasteiger partial charge on any atom is 0.251 e. The summed E-state index contributed by atoms with van der Waals surface area (Å²) in [7, 11) is -3.50. The Kier molecular flexibility index (Phi) is 6.73. The molecule has 6 heteroatoms. The van der Waals surface area contributed by atoms with Crippen molar-refractivity contribution in [2.24, 2.45) is 0 Å². The molecule has 0 bridgehead atoms. The van der Waals surface area contributed by atoms with Crippen molar-refractivity contribution in [1.82, 2.24) is 9.62 Å². The first kappa shape index (κ1) is 19.1. The quantitative estimate of drug-likeness (QED) is 0.787. The van der Waals surface area contributed by atoms with Gasteiger partial charge >= 0.3 is 0 Å². The van der Waals surface area contributed by atoms with Crippen molar-refractivity contribution >= 4 is 15.9 Å². The zero-order valence-corrected chi connectivity index (χ0v) is 15.4. The van der Waals surface area contributed by atoms with E-state index < -0.39 is 10.0 Å². The lowest BCUT2D eigenvalue weighted by atomic mass is 10.1. The SMILES string of the molecule is CCN(CC)S(=O)(=O)c1ccc(C(=O)NCCc2ccccc2)cc1. The number of carbonyl (C=O) groups is 1. The van der Waals surface area contributed by atoms with Gasteiger partial charge in [-0.05, 0) is 36.2 Å². The highest BCUT2D eigenvalue weighted by molar-refractivity contribution is 7.89. The molecule has 0 aliphatic heterocycles. The molecular weight excluding hydrogens is 336 g/mol. The van der Waals surface area contributed by atoms with Gasteiger partial charge in [0.1, 0.15) is 0 Å². The number of amides is 1. The minimum absolute atomic E-state index is 0.206. The Balaban J connectivity index is 1.98. The molecule has 0 radical (unpaired) electrons. The Hall–Kier alpha value is -2.18. The van der Waals surface area contributed by atoms with Crippen LogP contribution >= 0.6 is 0 Å². The van der Waals surface area contributed by atoms with Crippen LogP contribution in [0.2, 0.25) is 0 Å². The second-order valence-electron chi connectivity index (χ2n) is 5.61. The van der Waals surface area contributed by atoms with Crippen LogP contribution in [-0.4, -0.2) is 38.3 Å². The number of benzene rings is 2. The summed E-state index contributed by atoms with van der Waals surface area (Å²) in [6, 6.07) is 16.0. The summed E-state index contributed by atoms with van der Waals surface area (Å²) in [6.45, 7) is 4.97. The first-order chi connectivity index (χ1) is 12.0. The fourth-order valence-electron chi connectivity index (χ4n) is 2.56. The van der Waals surface area contributed by atoms with Gasteiger partial charge in [-0.3, -0.25) is 4.79 Å². The monoisotopic (exact) mass is 360 g/mol. The Morgan fingerprint density at radius 1 is 0.960 bits per heavy atom. The standard InChI is InChI=1S/C19H24N2O3S/c1-3-21(4-2)25(23,24)18-12-10-17(11-13-18)19(22)20-15-14-16-8-6-5-7-9-16/h5-13H,3-4,14-15H2,1-2H3,(H,20,22). The predicted molar refractivity (Wildman–Crippen MR) is 99.0 cm³/mol. The molecule has 0 aliphatic carbocycles. The molecule has 0 spiro atoms.